The highest BCUT2D eigenvalue weighted by molar-refractivity contribution is 14.1. The van der Waals surface area contributed by atoms with Crippen molar-refractivity contribution in [2.24, 2.45) is 11.8 Å². The van der Waals surface area contributed by atoms with Crippen molar-refractivity contribution >= 4 is 46.5 Å². The van der Waals surface area contributed by atoms with Crippen LogP contribution in [0.15, 0.2) is 24.3 Å². The molecule has 3 N–H and O–H groups in total. The lowest BCUT2D eigenvalue weighted by molar-refractivity contribution is -0.188. The van der Waals surface area contributed by atoms with Gasteiger partial charge in [0.05, 0.1) is 35.2 Å². The van der Waals surface area contributed by atoms with E-state index >= 15 is 0 Å². The van der Waals surface area contributed by atoms with Gasteiger partial charge in [-0.2, -0.15) is 0 Å². The lowest BCUT2D eigenvalue weighted by Crippen LogP contribution is -2.76. The quantitative estimate of drug-likeness (QED) is 0.0239. The Kier molecular flexibility index (Phi) is 20.9. The first-order chi connectivity index (χ1) is 40.3. The molecule has 2 aromatic carbocycles. The number of carbonyl (C=O) groups is 4. The molecule has 2 aromatic rings. The molecule has 0 radical (unpaired) electrons. The third kappa shape index (κ3) is 12.9. The van der Waals surface area contributed by atoms with Gasteiger partial charge in [0.2, 0.25) is 6.79 Å². The second kappa shape index (κ2) is 27.8. The van der Waals surface area contributed by atoms with Gasteiger partial charge >= 0.3 is 12.3 Å². The molecule has 83 heavy (non-hydrogen) atoms. The van der Waals surface area contributed by atoms with Crippen LogP contribution in [0.1, 0.15) is 216 Å². The lowest BCUT2D eigenvalue weighted by atomic mass is 9.49. The summed E-state index contributed by atoms with van der Waals surface area (Å²) in [6.07, 6.45) is 29.3. The molecule has 17 heteroatoms. The summed E-state index contributed by atoms with van der Waals surface area (Å²) in [7, 11) is 0. The predicted molar refractivity (Wildman–Crippen MR) is 322 cm³/mol. The standard InChI is InChI=1S/C33H47NO7.C20H23NO4.C13H25IO3/c1-2-3-4-5-6-7-8-9-10-19-38-31(36)40-22-39-26-14-13-24-20-27-33(37)16-15-25(35)30-32(33,28(24)29(26)41-30)17-18-34(27)21-23-11-12-23;22-13-4-3-12-9-15-20(24)6-5-14(23)18-19(20,16(12)17(13)25-18)7-8-21(15)10-11-1-2-11;1-2-3-4-5-6-7-8-9-10-11-16-13(15)17-12-14/h13-14,23,27,30,37H,2-12,15-22H2,1H3;3-4,11,15,18,22,24H,1-2,5-10H2;2-12H2,1H3/t27?,30-,32-,33+;15?,18-,19-,20+;/m00./s1. The number of hydrogen-bond acceptors (Lipinski definition) is 16. The summed E-state index contributed by atoms with van der Waals surface area (Å²) in [6, 6.07) is 7.56. The monoisotopic (exact) mass is 1270 g/mol. The van der Waals surface area contributed by atoms with Gasteiger partial charge in [0.25, 0.3) is 0 Å². The van der Waals surface area contributed by atoms with E-state index in [0.717, 1.165) is 112 Å². The van der Waals surface area contributed by atoms with Crippen molar-refractivity contribution in [2.45, 2.75) is 253 Å². The molecule has 460 valence electrons. The van der Waals surface area contributed by atoms with E-state index < -0.39 is 46.6 Å². The molecule has 4 saturated carbocycles. The van der Waals surface area contributed by atoms with Gasteiger partial charge < -0.3 is 48.5 Å². The second-order valence-electron chi connectivity index (χ2n) is 25.9. The zero-order valence-electron chi connectivity index (χ0n) is 49.7. The summed E-state index contributed by atoms with van der Waals surface area (Å²) in [4.78, 5) is 53.8. The number of carbonyl (C=O) groups excluding carboxylic acids is 4. The number of piperidine rings is 2. The summed E-state index contributed by atoms with van der Waals surface area (Å²) < 4.78 is 38.6. The molecule has 4 heterocycles. The number of benzene rings is 2. The highest BCUT2D eigenvalue weighted by atomic mass is 127. The zero-order valence-corrected chi connectivity index (χ0v) is 51.9. The van der Waals surface area contributed by atoms with Crippen molar-refractivity contribution in [3.05, 3.63) is 46.5 Å². The van der Waals surface area contributed by atoms with Gasteiger partial charge in [-0.3, -0.25) is 19.4 Å². The van der Waals surface area contributed by atoms with Crippen LogP contribution in [0.25, 0.3) is 0 Å². The topological polar surface area (TPSA) is 200 Å². The minimum Gasteiger partial charge on any atom is -0.504 e. The number of phenols is 1. The maximum Gasteiger partial charge on any atom is 0.511 e. The van der Waals surface area contributed by atoms with Crippen molar-refractivity contribution in [3.63, 3.8) is 0 Å². The molecule has 2 unspecified atom stereocenters. The first kappa shape index (κ1) is 62.2. The summed E-state index contributed by atoms with van der Waals surface area (Å²) in [5.41, 5.74) is 0.761. The average Bonchev–Trinajstić information content (AvgIpc) is 2.00. The summed E-state index contributed by atoms with van der Waals surface area (Å²) >= 11 is 1.97. The van der Waals surface area contributed by atoms with E-state index in [0.29, 0.717) is 67.2 Å². The summed E-state index contributed by atoms with van der Waals surface area (Å²) in [6.45, 7) is 8.83. The Morgan fingerprint density at radius 3 is 1.48 bits per heavy atom. The largest absolute Gasteiger partial charge is 0.511 e. The minimum absolute atomic E-state index is 0.00910. The number of halogens is 1. The van der Waals surface area contributed by atoms with E-state index in [2.05, 4.69) is 28.4 Å². The number of hydrogen-bond donors (Lipinski definition) is 3. The van der Waals surface area contributed by atoms with Crippen molar-refractivity contribution in [1.29, 1.82) is 0 Å². The number of rotatable bonds is 28. The molecule has 6 fully saturated rings. The zero-order chi connectivity index (χ0) is 58.2. The Labute approximate surface area is 506 Å². The van der Waals surface area contributed by atoms with Gasteiger partial charge in [0.15, 0.2) is 46.8 Å². The molecule has 16 nitrogen and oxygen atoms in total. The van der Waals surface area contributed by atoms with Crippen LogP contribution < -0.4 is 14.2 Å². The van der Waals surface area contributed by atoms with Gasteiger partial charge in [-0.25, -0.2) is 9.59 Å². The normalized spacial score (nSPS) is 29.2. The molecule has 8 atom stereocenters. The lowest BCUT2D eigenvalue weighted by Gasteiger charge is -2.62. The van der Waals surface area contributed by atoms with Crippen LogP contribution in [-0.4, -0.2) is 135 Å². The Morgan fingerprint density at radius 1 is 0.578 bits per heavy atom. The van der Waals surface area contributed by atoms with Gasteiger partial charge in [-0.1, -0.05) is 129 Å². The fourth-order valence-electron chi connectivity index (χ4n) is 16.0. The number of nitrogens with zero attached hydrogens (tertiary/aromatic N) is 2. The van der Waals surface area contributed by atoms with Crippen LogP contribution in [0.3, 0.4) is 0 Å². The van der Waals surface area contributed by atoms with E-state index in [1.165, 1.54) is 109 Å². The number of Topliss-reactive ketones (excluding diaryl/α,β-unsaturated/α-hetero) is 2. The SMILES string of the molecule is CCCCCCCCCCCOC(=O)OCI.CCCCCCCCCCCOC(=O)OCOc1ccc2c3c1O[C@H]1C(=O)CC[C@@]4(O)C(C2)N(CC2CC2)CC[C@]314.O=C1CC[C@@]2(O)C3Cc4ccc(O)c5c4[C@@]2(CCN3CC2CC2)[C@H]1O5. The second-order valence-corrected chi connectivity index (χ2v) is 26.5. The molecule has 0 aromatic heterocycles. The number of likely N-dealkylation sites (tertiary alicyclic amines) is 2. The number of aliphatic hydroxyl groups is 2. The molecule has 2 spiro atoms. The number of unbranched alkanes of at least 4 members (excludes halogenated alkanes) is 16. The Morgan fingerprint density at radius 2 is 1.01 bits per heavy atom. The van der Waals surface area contributed by atoms with Crippen molar-refractivity contribution in [1.82, 2.24) is 9.80 Å². The average molecular weight is 1270 g/mol. The van der Waals surface area contributed by atoms with E-state index in [4.69, 9.17) is 28.4 Å². The smallest absolute Gasteiger partial charge is 0.504 e. The molecular formula is C66H95IN2O14. The van der Waals surface area contributed by atoms with Gasteiger partial charge in [-0.15, -0.1) is 0 Å². The van der Waals surface area contributed by atoms with Gasteiger partial charge in [0, 0.05) is 49.1 Å². The van der Waals surface area contributed by atoms with Crippen LogP contribution in [0.5, 0.6) is 23.0 Å². The van der Waals surface area contributed by atoms with Gasteiger partial charge in [-0.05, 0) is 148 Å². The molecule has 4 bridgehead atoms. The predicted octanol–water partition coefficient (Wildman–Crippen LogP) is 12.4. The molecule has 6 aliphatic carbocycles. The van der Waals surface area contributed by atoms with Crippen molar-refractivity contribution in [3.8, 4) is 23.0 Å². The number of phenolic OH excluding ortho intramolecular Hbond substituents is 1. The van der Waals surface area contributed by atoms with Crippen LogP contribution in [0.2, 0.25) is 0 Å². The highest BCUT2D eigenvalue weighted by Crippen LogP contribution is 2.67. The fourth-order valence-corrected chi connectivity index (χ4v) is 16.3. The maximum absolute atomic E-state index is 13.2. The van der Waals surface area contributed by atoms with Crippen LogP contribution in [-0.2, 0) is 52.2 Å². The summed E-state index contributed by atoms with van der Waals surface area (Å²) in [5, 5.41) is 34.7. The summed E-state index contributed by atoms with van der Waals surface area (Å²) in [5.74, 6) is 3.14. The number of alkyl halides is 1. The van der Waals surface area contributed by atoms with Crippen LogP contribution in [0, 0.1) is 11.8 Å². The Bertz CT molecular complexity index is 2580. The van der Waals surface area contributed by atoms with Crippen molar-refractivity contribution in [2.75, 3.05) is 50.8 Å². The third-order valence-electron chi connectivity index (χ3n) is 20.6. The minimum atomic E-state index is -1.01. The third-order valence-corrected chi connectivity index (χ3v) is 20.9. The molecule has 10 aliphatic rings. The molecule has 2 saturated heterocycles. The first-order valence-corrected chi connectivity index (χ1v) is 34.0. The molecule has 12 rings (SSSR count). The Balaban J connectivity index is 0.000000155. The maximum atomic E-state index is 13.2. The van der Waals surface area contributed by atoms with Crippen LogP contribution in [0.4, 0.5) is 9.59 Å². The Hall–Kier alpha value is -3.91. The number of ketones is 2. The number of ether oxygens (including phenoxy) is 7. The van der Waals surface area contributed by atoms with Crippen molar-refractivity contribution < 1.29 is 67.7 Å². The van der Waals surface area contributed by atoms with Crippen LogP contribution >= 0.6 is 22.6 Å². The molecular weight excluding hydrogens is 1170 g/mol. The van der Waals surface area contributed by atoms with E-state index in [1.807, 2.05) is 40.8 Å². The van der Waals surface area contributed by atoms with E-state index in [-0.39, 0.29) is 36.2 Å². The molecule has 0 amide bonds. The fraction of sp³-hybridized carbons (Fsp3) is 0.758. The molecule has 4 aliphatic heterocycles. The van der Waals surface area contributed by atoms with E-state index in [9.17, 15) is 34.5 Å². The van der Waals surface area contributed by atoms with E-state index in [1.54, 1.807) is 6.07 Å². The first-order valence-electron chi connectivity index (χ1n) is 32.4. The van der Waals surface area contributed by atoms with Gasteiger partial charge in [0.1, 0.15) is 4.61 Å². The number of aromatic hydroxyl groups is 1. The highest BCUT2D eigenvalue weighted by Gasteiger charge is 2.75.